The minimum Gasteiger partial charge on any atom is -0.486 e. The molecule has 1 atom stereocenters. The third-order valence-electron chi connectivity index (χ3n) is 4.07. The van der Waals surface area contributed by atoms with Crippen LogP contribution in [0.3, 0.4) is 0 Å². The number of nitrogens with one attached hydrogen (secondary N) is 2. The Kier molecular flexibility index (Phi) is 4.08. The number of benzene rings is 1. The molecule has 0 amide bonds. The van der Waals surface area contributed by atoms with Gasteiger partial charge in [0.1, 0.15) is 31.2 Å². The van der Waals surface area contributed by atoms with Gasteiger partial charge in [-0.05, 0) is 18.6 Å². The quantitative estimate of drug-likeness (QED) is 0.845. The minimum atomic E-state index is -2.93. The van der Waals surface area contributed by atoms with Crippen molar-refractivity contribution < 1.29 is 17.9 Å². The minimum absolute atomic E-state index is 0.109. The molecule has 2 aliphatic heterocycles. The van der Waals surface area contributed by atoms with E-state index in [9.17, 15) is 8.42 Å². The molecule has 1 aromatic heterocycles. The molecule has 0 bridgehead atoms. The van der Waals surface area contributed by atoms with Gasteiger partial charge in [-0.3, -0.25) is 0 Å². The predicted molar refractivity (Wildman–Crippen MR) is 93.4 cm³/mol. The van der Waals surface area contributed by atoms with Crippen molar-refractivity contribution in [3.8, 4) is 11.5 Å². The zero-order valence-electron chi connectivity index (χ0n) is 13.4. The van der Waals surface area contributed by atoms with Crippen LogP contribution in [0.2, 0.25) is 0 Å². The molecule has 0 radical (unpaired) electrons. The van der Waals surface area contributed by atoms with Crippen LogP contribution in [0, 0.1) is 0 Å². The van der Waals surface area contributed by atoms with Gasteiger partial charge in [-0.15, -0.1) is 0 Å². The van der Waals surface area contributed by atoms with Gasteiger partial charge in [-0.1, -0.05) is 0 Å². The second-order valence-corrected chi connectivity index (χ2v) is 8.24. The van der Waals surface area contributed by atoms with E-state index >= 15 is 0 Å². The SMILES string of the molecule is O=S1(=O)CCC(Nc2cc(Nc3ccc4c(c3)OCCO4)ncn2)C1. The summed E-state index contributed by atoms with van der Waals surface area (Å²) in [6.07, 6.45) is 2.03. The van der Waals surface area contributed by atoms with Gasteiger partial charge in [0.25, 0.3) is 0 Å². The Bertz CT molecular complexity index is 887. The van der Waals surface area contributed by atoms with Crippen LogP contribution in [-0.2, 0) is 9.84 Å². The lowest BCUT2D eigenvalue weighted by molar-refractivity contribution is 0.171. The molecule has 0 saturated carbocycles. The molecule has 25 heavy (non-hydrogen) atoms. The third-order valence-corrected chi connectivity index (χ3v) is 5.83. The van der Waals surface area contributed by atoms with Crippen LogP contribution in [0.1, 0.15) is 6.42 Å². The summed E-state index contributed by atoms with van der Waals surface area (Å²) in [5.41, 5.74) is 0.817. The maximum Gasteiger partial charge on any atom is 0.163 e. The van der Waals surface area contributed by atoms with Gasteiger partial charge < -0.3 is 20.1 Å². The maximum absolute atomic E-state index is 11.5. The fraction of sp³-hybridized carbons (Fsp3) is 0.375. The summed E-state index contributed by atoms with van der Waals surface area (Å²) < 4.78 is 34.2. The third kappa shape index (κ3) is 3.76. The number of nitrogens with zero attached hydrogens (tertiary/aromatic N) is 2. The van der Waals surface area contributed by atoms with Crippen molar-refractivity contribution in [1.82, 2.24) is 9.97 Å². The van der Waals surface area contributed by atoms with Crippen LogP contribution >= 0.6 is 0 Å². The first-order valence-electron chi connectivity index (χ1n) is 8.03. The molecule has 1 fully saturated rings. The summed E-state index contributed by atoms with van der Waals surface area (Å²) >= 11 is 0. The highest BCUT2D eigenvalue weighted by atomic mass is 32.2. The molecule has 0 spiro atoms. The van der Waals surface area contributed by atoms with E-state index in [1.54, 1.807) is 6.07 Å². The van der Waals surface area contributed by atoms with E-state index in [-0.39, 0.29) is 17.5 Å². The lowest BCUT2D eigenvalue weighted by Crippen LogP contribution is -2.21. The van der Waals surface area contributed by atoms with Crippen molar-refractivity contribution in [1.29, 1.82) is 0 Å². The number of ether oxygens (including phenoxy) is 2. The monoisotopic (exact) mass is 362 g/mol. The van der Waals surface area contributed by atoms with Crippen molar-refractivity contribution in [2.75, 3.05) is 35.4 Å². The standard InChI is InChI=1S/C16H18N4O4S/c21-25(22)6-3-12(9-25)20-16-8-15(17-10-18-16)19-11-1-2-13-14(7-11)24-5-4-23-13/h1-2,7-8,10,12H,3-6,9H2,(H2,17,18,19,20). The molecule has 2 aliphatic rings. The van der Waals surface area contributed by atoms with Crippen molar-refractivity contribution >= 4 is 27.2 Å². The van der Waals surface area contributed by atoms with Gasteiger partial charge in [0.2, 0.25) is 0 Å². The maximum atomic E-state index is 11.5. The number of anilines is 3. The largest absolute Gasteiger partial charge is 0.486 e. The Labute approximate surface area is 145 Å². The predicted octanol–water partition coefficient (Wildman–Crippen LogP) is 1.59. The number of sulfone groups is 1. The van der Waals surface area contributed by atoms with Crippen LogP contribution in [0.4, 0.5) is 17.3 Å². The first kappa shape index (κ1) is 15.9. The fourth-order valence-corrected chi connectivity index (χ4v) is 4.56. The van der Waals surface area contributed by atoms with Gasteiger partial charge in [-0.2, -0.15) is 0 Å². The topological polar surface area (TPSA) is 102 Å². The van der Waals surface area contributed by atoms with Crippen molar-refractivity contribution in [2.24, 2.45) is 0 Å². The van der Waals surface area contributed by atoms with E-state index in [1.165, 1.54) is 6.33 Å². The lowest BCUT2D eigenvalue weighted by atomic mass is 10.2. The van der Waals surface area contributed by atoms with E-state index in [4.69, 9.17) is 9.47 Å². The Morgan fingerprint density at radius 3 is 2.64 bits per heavy atom. The lowest BCUT2D eigenvalue weighted by Gasteiger charge is -2.19. The van der Waals surface area contributed by atoms with Crippen LogP contribution in [0.5, 0.6) is 11.5 Å². The van der Waals surface area contributed by atoms with Gasteiger partial charge in [-0.25, -0.2) is 18.4 Å². The highest BCUT2D eigenvalue weighted by Crippen LogP contribution is 2.33. The van der Waals surface area contributed by atoms with Crippen LogP contribution in [-0.4, -0.2) is 49.1 Å². The molecule has 4 rings (SSSR count). The molecule has 8 nitrogen and oxygen atoms in total. The number of fused-ring (bicyclic) bond motifs is 1. The molecule has 1 aromatic carbocycles. The van der Waals surface area contributed by atoms with Crippen LogP contribution in [0.15, 0.2) is 30.6 Å². The van der Waals surface area contributed by atoms with Gasteiger partial charge in [0.15, 0.2) is 21.3 Å². The van der Waals surface area contributed by atoms with E-state index in [0.717, 1.165) is 11.4 Å². The second-order valence-electron chi connectivity index (χ2n) is 6.02. The summed E-state index contributed by atoms with van der Waals surface area (Å²) in [6.45, 7) is 1.08. The first-order chi connectivity index (χ1) is 12.1. The van der Waals surface area contributed by atoms with E-state index < -0.39 is 9.84 Å². The summed E-state index contributed by atoms with van der Waals surface area (Å²) in [4.78, 5) is 8.36. The van der Waals surface area contributed by atoms with E-state index in [0.29, 0.717) is 37.0 Å². The number of aromatic nitrogens is 2. The van der Waals surface area contributed by atoms with Crippen molar-refractivity contribution in [2.45, 2.75) is 12.5 Å². The van der Waals surface area contributed by atoms with Gasteiger partial charge in [0.05, 0.1) is 11.5 Å². The molecule has 9 heteroatoms. The molecule has 132 valence electrons. The molecule has 3 heterocycles. The van der Waals surface area contributed by atoms with Crippen LogP contribution in [0.25, 0.3) is 0 Å². The molecule has 2 N–H and O–H groups in total. The molecule has 1 saturated heterocycles. The fourth-order valence-electron chi connectivity index (χ4n) is 2.89. The Balaban J connectivity index is 1.46. The zero-order chi connectivity index (χ0) is 17.3. The summed E-state index contributed by atoms with van der Waals surface area (Å²) in [7, 11) is -2.93. The molecule has 1 unspecified atom stereocenters. The number of hydrogen-bond acceptors (Lipinski definition) is 8. The van der Waals surface area contributed by atoms with Crippen LogP contribution < -0.4 is 20.1 Å². The van der Waals surface area contributed by atoms with Gasteiger partial charge >= 0.3 is 0 Å². The van der Waals surface area contributed by atoms with E-state index in [1.807, 2.05) is 18.2 Å². The van der Waals surface area contributed by atoms with Crippen molar-refractivity contribution in [3.05, 3.63) is 30.6 Å². The summed E-state index contributed by atoms with van der Waals surface area (Å²) in [5, 5.41) is 6.35. The number of hydrogen-bond donors (Lipinski definition) is 2. The Hall–Kier alpha value is -2.55. The first-order valence-corrected chi connectivity index (χ1v) is 9.85. The average Bonchev–Trinajstić information content (AvgIpc) is 2.93. The average molecular weight is 362 g/mol. The number of rotatable bonds is 4. The Morgan fingerprint density at radius 2 is 1.84 bits per heavy atom. The molecule has 2 aromatic rings. The summed E-state index contributed by atoms with van der Waals surface area (Å²) in [6, 6.07) is 7.23. The highest BCUT2D eigenvalue weighted by Gasteiger charge is 2.27. The van der Waals surface area contributed by atoms with Crippen molar-refractivity contribution in [3.63, 3.8) is 0 Å². The second kappa shape index (κ2) is 6.40. The molecule has 0 aliphatic carbocycles. The smallest absolute Gasteiger partial charge is 0.163 e. The normalized spacial score (nSPS) is 20.9. The molecular formula is C16H18N4O4S. The van der Waals surface area contributed by atoms with E-state index in [2.05, 4.69) is 20.6 Å². The van der Waals surface area contributed by atoms with Gasteiger partial charge in [0, 0.05) is 23.9 Å². The highest BCUT2D eigenvalue weighted by molar-refractivity contribution is 7.91. The molecular weight excluding hydrogens is 344 g/mol. The summed E-state index contributed by atoms with van der Waals surface area (Å²) in [5.74, 6) is 2.98. The zero-order valence-corrected chi connectivity index (χ0v) is 14.3. The Morgan fingerprint density at radius 1 is 1.04 bits per heavy atom.